The number of carbonyl (C=O) groups excluding carboxylic acids is 2. The number of methoxy groups -OCH3 is 1. The number of hydrazone groups is 1. The van der Waals surface area contributed by atoms with Gasteiger partial charge in [-0.05, 0) is 52.9 Å². The Morgan fingerprint density at radius 2 is 1.35 bits per heavy atom. The normalized spacial score (nSPS) is 24.2. The molecule has 4 aliphatic rings. The lowest BCUT2D eigenvalue weighted by Crippen LogP contribution is -2.41. The summed E-state index contributed by atoms with van der Waals surface area (Å²) in [6.45, 7) is 2.39. The number of hydrogen-bond acceptors (Lipinski definition) is 5. The molecule has 3 aromatic rings. The topological polar surface area (TPSA) is 68.2 Å². The van der Waals surface area contributed by atoms with Crippen LogP contribution in [0, 0.1) is 11.8 Å². The van der Waals surface area contributed by atoms with Crippen LogP contribution in [-0.4, -0.2) is 36.8 Å². The number of hydrogen-bond donors (Lipinski definition) is 0. The third-order valence-electron chi connectivity index (χ3n) is 7.24. The Labute approximate surface area is 197 Å². The van der Waals surface area contributed by atoms with Crippen molar-refractivity contribution < 1.29 is 19.1 Å². The van der Waals surface area contributed by atoms with Crippen molar-refractivity contribution in [2.75, 3.05) is 13.7 Å². The summed E-state index contributed by atoms with van der Waals surface area (Å²) in [5, 5.41) is 5.45. The van der Waals surface area contributed by atoms with Crippen LogP contribution >= 0.6 is 0 Å². The van der Waals surface area contributed by atoms with Crippen LogP contribution < -0.4 is 9.47 Å². The smallest absolute Gasteiger partial charge is 0.254 e. The van der Waals surface area contributed by atoms with Gasteiger partial charge >= 0.3 is 0 Å². The van der Waals surface area contributed by atoms with Gasteiger partial charge in [-0.25, -0.2) is 0 Å². The first-order valence-corrected chi connectivity index (χ1v) is 11.5. The van der Waals surface area contributed by atoms with Gasteiger partial charge in [0.25, 0.3) is 11.8 Å². The van der Waals surface area contributed by atoms with Crippen molar-refractivity contribution in [2.24, 2.45) is 16.9 Å². The van der Waals surface area contributed by atoms with Crippen LogP contribution in [0.3, 0.4) is 0 Å². The van der Waals surface area contributed by atoms with E-state index in [2.05, 4.69) is 29.4 Å². The summed E-state index contributed by atoms with van der Waals surface area (Å²) in [6, 6.07) is 21.8. The predicted molar refractivity (Wildman–Crippen MR) is 127 cm³/mol. The van der Waals surface area contributed by atoms with Crippen molar-refractivity contribution in [1.82, 2.24) is 5.01 Å². The van der Waals surface area contributed by atoms with Crippen LogP contribution in [0.4, 0.5) is 0 Å². The van der Waals surface area contributed by atoms with Crippen molar-refractivity contribution in [3.8, 4) is 11.5 Å². The lowest BCUT2D eigenvalue weighted by Gasteiger charge is -2.45. The van der Waals surface area contributed by atoms with E-state index in [1.54, 1.807) is 19.2 Å². The minimum absolute atomic E-state index is 0.135. The summed E-state index contributed by atoms with van der Waals surface area (Å²) < 4.78 is 11.0. The van der Waals surface area contributed by atoms with Gasteiger partial charge in [-0.3, -0.25) is 9.59 Å². The number of ether oxygens (including phenoxy) is 2. The van der Waals surface area contributed by atoms with E-state index in [1.165, 1.54) is 6.21 Å². The molecule has 7 rings (SSSR count). The van der Waals surface area contributed by atoms with Gasteiger partial charge in [-0.1, -0.05) is 48.5 Å². The number of benzene rings is 3. The van der Waals surface area contributed by atoms with Crippen molar-refractivity contribution in [2.45, 2.75) is 18.8 Å². The Hall–Kier alpha value is -3.93. The summed E-state index contributed by atoms with van der Waals surface area (Å²) in [5.74, 6) is -0.401. The van der Waals surface area contributed by atoms with Crippen molar-refractivity contribution >= 4 is 18.0 Å². The number of imide groups is 1. The monoisotopic (exact) mass is 452 g/mol. The zero-order valence-corrected chi connectivity index (χ0v) is 19.0. The minimum atomic E-state index is -0.436. The molecule has 1 aliphatic heterocycles. The van der Waals surface area contributed by atoms with Gasteiger partial charge in [-0.2, -0.15) is 10.1 Å². The number of amides is 2. The summed E-state index contributed by atoms with van der Waals surface area (Å²) in [6.07, 6.45) is 1.54. The minimum Gasteiger partial charge on any atom is -0.493 e. The van der Waals surface area contributed by atoms with E-state index < -0.39 is 11.8 Å². The Kier molecular flexibility index (Phi) is 4.76. The SMILES string of the molecule is CCOc1cc(/C=N\N2C(=O)[C@@H]3C4c5ccccc5C(c5ccccc54)[C@@H]3C2=O)ccc1OC. The molecule has 170 valence electrons. The van der Waals surface area contributed by atoms with Crippen molar-refractivity contribution in [1.29, 1.82) is 0 Å². The molecule has 0 spiro atoms. The molecular formula is C28H24N2O4. The van der Waals surface area contributed by atoms with Gasteiger partial charge in [0.1, 0.15) is 0 Å². The molecule has 2 amide bonds. The maximum atomic E-state index is 13.6. The first-order valence-electron chi connectivity index (χ1n) is 11.5. The van der Waals surface area contributed by atoms with E-state index in [0.717, 1.165) is 27.3 Å². The molecule has 0 saturated carbocycles. The maximum Gasteiger partial charge on any atom is 0.254 e. The summed E-state index contributed by atoms with van der Waals surface area (Å²) in [5.41, 5.74) is 5.31. The molecule has 2 atom stereocenters. The highest BCUT2D eigenvalue weighted by atomic mass is 16.5. The van der Waals surface area contributed by atoms with Crippen LogP contribution in [-0.2, 0) is 9.59 Å². The highest BCUT2D eigenvalue weighted by Crippen LogP contribution is 2.60. The Balaban J connectivity index is 1.38. The molecule has 3 aliphatic carbocycles. The second-order valence-electron chi connectivity index (χ2n) is 8.84. The van der Waals surface area contributed by atoms with E-state index in [9.17, 15) is 9.59 Å². The first-order chi connectivity index (χ1) is 16.6. The van der Waals surface area contributed by atoms with Gasteiger partial charge in [0, 0.05) is 11.8 Å². The molecular weight excluding hydrogens is 428 g/mol. The van der Waals surface area contributed by atoms with Crippen molar-refractivity contribution in [3.05, 3.63) is 94.5 Å². The fourth-order valence-corrected chi connectivity index (χ4v) is 5.94. The lowest BCUT2D eigenvalue weighted by atomic mass is 9.55. The quantitative estimate of drug-likeness (QED) is 0.427. The van der Waals surface area contributed by atoms with E-state index in [4.69, 9.17) is 9.47 Å². The molecule has 0 radical (unpaired) electrons. The van der Waals surface area contributed by atoms with Crippen LogP contribution in [0.1, 0.15) is 46.6 Å². The molecule has 2 bridgehead atoms. The first kappa shape index (κ1) is 20.7. The highest BCUT2D eigenvalue weighted by Gasteiger charge is 2.61. The molecule has 0 unspecified atom stereocenters. The average molecular weight is 453 g/mol. The zero-order chi connectivity index (χ0) is 23.4. The van der Waals surface area contributed by atoms with Crippen LogP contribution in [0.25, 0.3) is 0 Å². The molecule has 1 saturated heterocycles. The molecule has 0 aromatic heterocycles. The molecule has 3 aromatic carbocycles. The van der Waals surface area contributed by atoms with Gasteiger partial charge in [-0.15, -0.1) is 0 Å². The number of carbonyl (C=O) groups is 2. The number of rotatable bonds is 5. The Bertz CT molecular complexity index is 1230. The van der Waals surface area contributed by atoms with E-state index in [1.807, 2.05) is 37.3 Å². The molecule has 6 nitrogen and oxygen atoms in total. The number of nitrogens with zero attached hydrogens (tertiary/aromatic N) is 2. The third kappa shape index (κ3) is 2.84. The second kappa shape index (κ2) is 7.83. The molecule has 1 heterocycles. The van der Waals surface area contributed by atoms with Crippen LogP contribution in [0.5, 0.6) is 11.5 Å². The van der Waals surface area contributed by atoms with E-state index in [-0.39, 0.29) is 23.7 Å². The van der Waals surface area contributed by atoms with Gasteiger partial charge < -0.3 is 9.47 Å². The predicted octanol–water partition coefficient (Wildman–Crippen LogP) is 4.32. The van der Waals surface area contributed by atoms with Crippen molar-refractivity contribution in [3.63, 3.8) is 0 Å². The summed E-state index contributed by atoms with van der Waals surface area (Å²) >= 11 is 0. The zero-order valence-electron chi connectivity index (χ0n) is 19.0. The maximum absolute atomic E-state index is 13.6. The van der Waals surface area contributed by atoms with E-state index in [0.29, 0.717) is 23.7 Å². The van der Waals surface area contributed by atoms with Gasteiger partial charge in [0.15, 0.2) is 11.5 Å². The molecule has 34 heavy (non-hydrogen) atoms. The fourth-order valence-electron chi connectivity index (χ4n) is 5.94. The Morgan fingerprint density at radius 3 is 1.82 bits per heavy atom. The fraction of sp³-hybridized carbons (Fsp3) is 0.250. The van der Waals surface area contributed by atoms with Gasteiger partial charge in [0.2, 0.25) is 0 Å². The molecule has 0 N–H and O–H groups in total. The molecule has 1 fully saturated rings. The highest BCUT2D eigenvalue weighted by molar-refractivity contribution is 6.08. The summed E-state index contributed by atoms with van der Waals surface area (Å²) in [7, 11) is 1.58. The Morgan fingerprint density at radius 1 is 0.824 bits per heavy atom. The van der Waals surface area contributed by atoms with Crippen LogP contribution in [0.2, 0.25) is 0 Å². The summed E-state index contributed by atoms with van der Waals surface area (Å²) in [4.78, 5) is 27.2. The lowest BCUT2D eigenvalue weighted by molar-refractivity contribution is -0.139. The van der Waals surface area contributed by atoms with E-state index >= 15 is 0 Å². The van der Waals surface area contributed by atoms with Gasteiger partial charge in [0.05, 0.1) is 31.8 Å². The third-order valence-corrected chi connectivity index (χ3v) is 7.24. The largest absolute Gasteiger partial charge is 0.493 e. The van der Waals surface area contributed by atoms with Crippen LogP contribution in [0.15, 0.2) is 71.8 Å². The molecule has 6 heteroatoms. The average Bonchev–Trinajstić information content (AvgIpc) is 3.13. The second-order valence-corrected chi connectivity index (χ2v) is 8.84. The standard InChI is InChI=1S/C28H24N2O4/c1-3-34-22-14-16(12-13-21(22)33-2)15-29-30-27(31)25-23-17-8-4-5-9-18(17)24(26(25)28(30)32)20-11-7-6-10-19(20)23/h4-15,23-26H,3H2,1-2H3/b29-15-/t23?,24?,25-,26+.